The van der Waals surface area contributed by atoms with Crippen molar-refractivity contribution in [2.24, 2.45) is 0 Å². The van der Waals surface area contributed by atoms with Gasteiger partial charge >= 0.3 is 0 Å². The first-order valence-corrected chi connectivity index (χ1v) is 11.0. The molecule has 0 aromatic heterocycles. The van der Waals surface area contributed by atoms with Crippen molar-refractivity contribution in [3.8, 4) is 5.75 Å². The summed E-state index contributed by atoms with van der Waals surface area (Å²) >= 11 is 6.24. The molecule has 6 heteroatoms. The van der Waals surface area contributed by atoms with E-state index >= 15 is 0 Å². The number of benzene rings is 4. The zero-order valence-electron chi connectivity index (χ0n) is 18.0. The Morgan fingerprint density at radius 1 is 1.00 bits per heavy atom. The molecule has 4 aromatic rings. The van der Waals surface area contributed by atoms with Gasteiger partial charge in [-0.3, -0.25) is 4.79 Å². The molecule has 0 radical (unpaired) electrons. The molecule has 1 amide bonds. The summed E-state index contributed by atoms with van der Waals surface area (Å²) in [6.45, 7) is 0.741. The Labute approximate surface area is 197 Å². The van der Waals surface area contributed by atoms with Crippen molar-refractivity contribution in [3.63, 3.8) is 0 Å². The monoisotopic (exact) mass is 455 g/mol. The van der Waals surface area contributed by atoms with E-state index in [4.69, 9.17) is 16.3 Å². The fourth-order valence-corrected chi connectivity index (χ4v) is 4.32. The molecule has 1 aliphatic rings. The second-order valence-corrected chi connectivity index (χ2v) is 8.04. The molecule has 0 fully saturated rings. The minimum atomic E-state index is -0.319. The molecule has 33 heavy (non-hydrogen) atoms. The molecule has 5 nitrogen and oxygen atoms in total. The third-order valence-corrected chi connectivity index (χ3v) is 5.96. The van der Waals surface area contributed by atoms with Gasteiger partial charge in [0, 0.05) is 29.5 Å². The van der Waals surface area contributed by atoms with Gasteiger partial charge in [-0.05, 0) is 53.9 Å². The summed E-state index contributed by atoms with van der Waals surface area (Å²) in [5.74, 6) is 0.114. The Morgan fingerprint density at radius 2 is 1.82 bits per heavy atom. The van der Waals surface area contributed by atoms with Crippen molar-refractivity contribution in [1.82, 2.24) is 0 Å². The van der Waals surface area contributed by atoms with Crippen LogP contribution in [0.25, 0.3) is 10.8 Å². The SMILES string of the molecule is COc1cccc(Cl)c1C(=O)Nc1ccc(N2C=CCNc3c2ccc2ccccc32)cc1. The fraction of sp³-hybridized carbons (Fsp3) is 0.0741. The van der Waals surface area contributed by atoms with Gasteiger partial charge in [0.05, 0.1) is 23.5 Å². The molecule has 0 saturated heterocycles. The summed E-state index contributed by atoms with van der Waals surface area (Å²) in [4.78, 5) is 15.0. The van der Waals surface area contributed by atoms with Gasteiger partial charge in [-0.25, -0.2) is 0 Å². The Hall–Kier alpha value is -3.96. The summed E-state index contributed by atoms with van der Waals surface area (Å²) in [5, 5.41) is 9.15. The molecule has 2 N–H and O–H groups in total. The Bertz CT molecular complexity index is 1370. The van der Waals surface area contributed by atoms with E-state index in [1.54, 1.807) is 18.2 Å². The van der Waals surface area contributed by atoms with Gasteiger partial charge < -0.3 is 20.3 Å². The van der Waals surface area contributed by atoms with E-state index in [0.29, 0.717) is 22.0 Å². The van der Waals surface area contributed by atoms with Crippen LogP contribution in [0.4, 0.5) is 22.7 Å². The maximum absolute atomic E-state index is 12.8. The number of nitrogens with zero attached hydrogens (tertiary/aromatic N) is 1. The molecule has 0 atom stereocenters. The van der Waals surface area contributed by atoms with E-state index in [1.807, 2.05) is 30.3 Å². The van der Waals surface area contributed by atoms with Crippen LogP contribution >= 0.6 is 11.6 Å². The summed E-state index contributed by atoms with van der Waals surface area (Å²) < 4.78 is 5.29. The fourth-order valence-electron chi connectivity index (χ4n) is 4.06. The molecule has 0 saturated carbocycles. The van der Waals surface area contributed by atoms with E-state index < -0.39 is 0 Å². The highest BCUT2D eigenvalue weighted by atomic mass is 35.5. The minimum Gasteiger partial charge on any atom is -0.496 e. The van der Waals surface area contributed by atoms with Crippen molar-refractivity contribution in [2.45, 2.75) is 0 Å². The number of methoxy groups -OCH3 is 1. The molecule has 0 aliphatic carbocycles. The number of carbonyl (C=O) groups is 1. The van der Waals surface area contributed by atoms with Gasteiger partial charge in [0.1, 0.15) is 11.3 Å². The summed E-state index contributed by atoms with van der Waals surface area (Å²) in [6.07, 6.45) is 4.16. The highest BCUT2D eigenvalue weighted by Gasteiger charge is 2.18. The predicted octanol–water partition coefficient (Wildman–Crippen LogP) is 6.83. The third-order valence-electron chi connectivity index (χ3n) is 5.64. The molecule has 0 spiro atoms. The van der Waals surface area contributed by atoms with Crippen LogP contribution in [0.5, 0.6) is 5.75 Å². The number of ether oxygens (including phenoxy) is 1. The zero-order valence-corrected chi connectivity index (χ0v) is 18.8. The van der Waals surface area contributed by atoms with Crippen molar-refractivity contribution in [1.29, 1.82) is 0 Å². The lowest BCUT2D eigenvalue weighted by molar-refractivity contribution is 0.102. The lowest BCUT2D eigenvalue weighted by Gasteiger charge is -2.23. The van der Waals surface area contributed by atoms with Crippen LogP contribution in [0.2, 0.25) is 5.02 Å². The number of hydrogen-bond acceptors (Lipinski definition) is 4. The van der Waals surface area contributed by atoms with Crippen molar-refractivity contribution in [2.75, 3.05) is 29.2 Å². The average Bonchev–Trinajstić information content (AvgIpc) is 3.07. The van der Waals surface area contributed by atoms with Crippen molar-refractivity contribution < 1.29 is 9.53 Å². The highest BCUT2D eigenvalue weighted by molar-refractivity contribution is 6.35. The standard InChI is InChI=1S/C27H22ClN3O2/c1-33-24-9-4-8-22(28)25(24)27(32)30-19-11-13-20(14-12-19)31-17-5-16-29-26-21-7-3-2-6-18(21)10-15-23(26)31/h2-15,17,29H,16H2,1H3,(H,30,32). The van der Waals surface area contributed by atoms with Crippen molar-refractivity contribution >= 4 is 51.0 Å². The van der Waals surface area contributed by atoms with E-state index in [-0.39, 0.29) is 5.91 Å². The van der Waals surface area contributed by atoms with Gasteiger partial charge in [0.15, 0.2) is 0 Å². The average molecular weight is 456 g/mol. The summed E-state index contributed by atoms with van der Waals surface area (Å²) in [5.41, 5.74) is 4.13. The molecular formula is C27H22ClN3O2. The number of nitrogens with one attached hydrogen (secondary N) is 2. The quantitative estimate of drug-likeness (QED) is 0.354. The predicted molar refractivity (Wildman–Crippen MR) is 136 cm³/mol. The molecule has 1 aliphatic heterocycles. The minimum absolute atomic E-state index is 0.313. The number of rotatable bonds is 4. The number of halogens is 1. The maximum Gasteiger partial charge on any atom is 0.260 e. The Balaban J connectivity index is 1.44. The zero-order chi connectivity index (χ0) is 22.8. The van der Waals surface area contributed by atoms with Crippen molar-refractivity contribution in [3.05, 3.63) is 102 Å². The number of hydrogen-bond donors (Lipinski definition) is 2. The Morgan fingerprint density at radius 3 is 2.64 bits per heavy atom. The lowest BCUT2D eigenvalue weighted by atomic mass is 10.1. The van der Waals surface area contributed by atoms with Gasteiger partial charge in [0.2, 0.25) is 0 Å². The molecule has 1 heterocycles. The number of amides is 1. The smallest absolute Gasteiger partial charge is 0.260 e. The summed E-state index contributed by atoms with van der Waals surface area (Å²) in [6, 6.07) is 25.5. The Kier molecular flexibility index (Phi) is 5.63. The van der Waals surface area contributed by atoms with Crippen LogP contribution in [0.15, 0.2) is 91.1 Å². The summed E-state index contributed by atoms with van der Waals surface area (Å²) in [7, 11) is 1.52. The maximum atomic E-state index is 12.8. The van der Waals surface area contributed by atoms with Crippen LogP contribution in [0.3, 0.4) is 0 Å². The third kappa shape index (κ3) is 3.99. The second-order valence-electron chi connectivity index (χ2n) is 7.63. The van der Waals surface area contributed by atoms with Crippen LogP contribution in [0.1, 0.15) is 10.4 Å². The highest BCUT2D eigenvalue weighted by Crippen LogP contribution is 2.39. The van der Waals surface area contributed by atoms with Gasteiger partial charge in [-0.1, -0.05) is 48.0 Å². The van der Waals surface area contributed by atoms with Gasteiger partial charge in [0.25, 0.3) is 5.91 Å². The molecule has 0 unspecified atom stereocenters. The van der Waals surface area contributed by atoms with Crippen LogP contribution in [0, 0.1) is 0 Å². The lowest BCUT2D eigenvalue weighted by Crippen LogP contribution is -2.14. The first-order valence-electron chi connectivity index (χ1n) is 10.6. The van der Waals surface area contributed by atoms with E-state index in [1.165, 1.54) is 17.9 Å². The van der Waals surface area contributed by atoms with Crippen LogP contribution in [-0.2, 0) is 0 Å². The first kappa shape index (κ1) is 20.9. The molecule has 4 aromatic carbocycles. The van der Waals surface area contributed by atoms with Gasteiger partial charge in [-0.15, -0.1) is 0 Å². The van der Waals surface area contributed by atoms with Crippen LogP contribution < -0.4 is 20.3 Å². The molecule has 164 valence electrons. The van der Waals surface area contributed by atoms with E-state index in [2.05, 4.69) is 58.1 Å². The van der Waals surface area contributed by atoms with Gasteiger partial charge in [-0.2, -0.15) is 0 Å². The van der Waals surface area contributed by atoms with E-state index in [0.717, 1.165) is 23.6 Å². The molecule has 5 rings (SSSR count). The number of fused-ring (bicyclic) bond motifs is 3. The first-order chi connectivity index (χ1) is 16.2. The second kappa shape index (κ2) is 8.88. The molecular weight excluding hydrogens is 434 g/mol. The topological polar surface area (TPSA) is 53.6 Å². The number of anilines is 4. The van der Waals surface area contributed by atoms with Crippen LogP contribution in [-0.4, -0.2) is 19.6 Å². The number of carbonyl (C=O) groups excluding carboxylic acids is 1. The largest absolute Gasteiger partial charge is 0.496 e. The van der Waals surface area contributed by atoms with E-state index in [9.17, 15) is 4.79 Å². The molecule has 0 bridgehead atoms. The normalized spacial score (nSPS) is 12.6.